The number of anilines is 1. The van der Waals surface area contributed by atoms with Crippen LogP contribution in [0.2, 0.25) is 0 Å². The number of rotatable bonds is 7. The number of hydrogen-bond donors (Lipinski definition) is 1. The van der Waals surface area contributed by atoms with Crippen molar-refractivity contribution in [3.8, 4) is 11.4 Å². The van der Waals surface area contributed by atoms with Crippen LogP contribution in [0.25, 0.3) is 11.4 Å². The second-order valence-corrected chi connectivity index (χ2v) is 9.86. The Balaban J connectivity index is 1.72. The van der Waals surface area contributed by atoms with Gasteiger partial charge in [0, 0.05) is 18.5 Å². The van der Waals surface area contributed by atoms with Crippen LogP contribution < -0.4 is 5.32 Å². The third kappa shape index (κ3) is 4.83. The lowest BCUT2D eigenvalue weighted by molar-refractivity contribution is -0.118. The number of carbonyl (C=O) groups is 1. The highest BCUT2D eigenvalue weighted by Gasteiger charge is 2.28. The molecule has 1 aromatic carbocycles. The van der Waals surface area contributed by atoms with Crippen LogP contribution in [0.1, 0.15) is 25.3 Å². The number of aryl methyl sites for hydroxylation is 1. The van der Waals surface area contributed by atoms with E-state index in [2.05, 4.69) is 25.7 Å². The van der Waals surface area contributed by atoms with Crippen LogP contribution in [0.15, 0.2) is 33.1 Å². The highest BCUT2D eigenvalue weighted by Crippen LogP contribution is 2.24. The molecule has 0 bridgehead atoms. The maximum atomic E-state index is 12.7. The van der Waals surface area contributed by atoms with E-state index >= 15 is 0 Å². The van der Waals surface area contributed by atoms with Crippen LogP contribution in [0.4, 0.5) is 5.13 Å². The summed E-state index contributed by atoms with van der Waals surface area (Å²) in [6.45, 7) is 5.26. The first kappa shape index (κ1) is 21.0. The third-order valence-electron chi connectivity index (χ3n) is 3.89. The molecule has 0 saturated carbocycles. The summed E-state index contributed by atoms with van der Waals surface area (Å²) in [7, 11) is -2.56. The van der Waals surface area contributed by atoms with Crippen molar-refractivity contribution in [3.63, 3.8) is 0 Å². The molecule has 1 amide bonds. The smallest absolute Gasteiger partial charge is 0.272 e. The third-order valence-corrected chi connectivity index (χ3v) is 6.88. The topological polar surface area (TPSA) is 131 Å². The number of carbonyl (C=O) groups excluding carboxylic acids is 1. The van der Waals surface area contributed by atoms with Crippen molar-refractivity contribution in [1.82, 2.24) is 24.6 Å². The molecule has 29 heavy (non-hydrogen) atoms. The highest BCUT2D eigenvalue weighted by atomic mass is 32.2. The summed E-state index contributed by atoms with van der Waals surface area (Å²) < 4.78 is 31.4. The maximum Gasteiger partial charge on any atom is 0.272 e. The molecule has 10 nitrogen and oxygen atoms in total. The molecule has 0 fully saturated rings. The van der Waals surface area contributed by atoms with Crippen molar-refractivity contribution in [2.45, 2.75) is 31.7 Å². The second kappa shape index (κ2) is 8.35. The Kier molecular flexibility index (Phi) is 6.05. The molecular weight excluding hydrogens is 416 g/mol. The van der Waals surface area contributed by atoms with Gasteiger partial charge in [0.2, 0.25) is 27.1 Å². The summed E-state index contributed by atoms with van der Waals surface area (Å²) in [6.07, 6.45) is 0. The van der Waals surface area contributed by atoms with Gasteiger partial charge in [-0.25, -0.2) is 8.42 Å². The second-order valence-electron chi connectivity index (χ2n) is 6.66. The number of hydrogen-bond acceptors (Lipinski definition) is 9. The summed E-state index contributed by atoms with van der Waals surface area (Å²) >= 11 is 0.778. The van der Waals surface area contributed by atoms with E-state index < -0.39 is 10.0 Å². The zero-order chi connectivity index (χ0) is 21.2. The molecule has 0 spiro atoms. The fraction of sp³-hybridized carbons (Fsp3) is 0.353. The molecule has 154 valence electrons. The Bertz CT molecular complexity index is 1120. The molecule has 0 aliphatic heterocycles. The SMILES string of the molecule is Cc1cccc(-c2noc(CN(C)S(=O)(=O)c3nnc(NC(=O)C(C)C)s3)n2)c1. The standard InChI is InChI=1S/C17H20N6O4S2/c1-10(2)15(24)19-16-20-21-17(28-16)29(25,26)23(4)9-13-18-14(22-27-13)12-7-5-6-11(3)8-12/h5-8,10H,9H2,1-4H3,(H,19,20,24). The molecule has 0 saturated heterocycles. The van der Waals surface area contributed by atoms with E-state index in [0.29, 0.717) is 5.82 Å². The number of nitrogens with zero attached hydrogens (tertiary/aromatic N) is 5. The lowest BCUT2D eigenvalue weighted by atomic mass is 10.1. The Morgan fingerprint density at radius 2 is 2.07 bits per heavy atom. The monoisotopic (exact) mass is 436 g/mol. The molecule has 2 aromatic heterocycles. The minimum absolute atomic E-state index is 0.121. The number of aromatic nitrogens is 4. The predicted octanol–water partition coefficient (Wildman–Crippen LogP) is 2.31. The summed E-state index contributed by atoms with van der Waals surface area (Å²) in [6, 6.07) is 7.58. The fourth-order valence-corrected chi connectivity index (χ4v) is 4.45. The molecule has 0 aliphatic rings. The van der Waals surface area contributed by atoms with Crippen molar-refractivity contribution in [2.24, 2.45) is 5.92 Å². The maximum absolute atomic E-state index is 12.7. The van der Waals surface area contributed by atoms with Crippen molar-refractivity contribution >= 4 is 32.4 Å². The Labute approximate surface area is 172 Å². The zero-order valence-electron chi connectivity index (χ0n) is 16.3. The van der Waals surface area contributed by atoms with E-state index in [-0.39, 0.29) is 33.7 Å². The van der Waals surface area contributed by atoms with E-state index in [1.807, 2.05) is 31.2 Å². The number of benzene rings is 1. The van der Waals surface area contributed by atoms with Crippen LogP contribution >= 0.6 is 11.3 Å². The van der Waals surface area contributed by atoms with Gasteiger partial charge < -0.3 is 9.84 Å². The lowest BCUT2D eigenvalue weighted by Gasteiger charge is -2.11. The van der Waals surface area contributed by atoms with Gasteiger partial charge in [0.05, 0.1) is 6.54 Å². The number of nitrogens with one attached hydrogen (secondary N) is 1. The average molecular weight is 437 g/mol. The summed E-state index contributed by atoms with van der Waals surface area (Å²) in [5.74, 6) is -0.00993. The van der Waals surface area contributed by atoms with Crippen molar-refractivity contribution in [1.29, 1.82) is 0 Å². The normalized spacial score (nSPS) is 11.9. The van der Waals surface area contributed by atoms with Crippen molar-refractivity contribution < 1.29 is 17.7 Å². The molecule has 0 atom stereocenters. The molecule has 3 aromatic rings. The van der Waals surface area contributed by atoms with Gasteiger partial charge in [-0.15, -0.1) is 10.2 Å². The lowest BCUT2D eigenvalue weighted by Crippen LogP contribution is -2.26. The Morgan fingerprint density at radius 3 is 2.76 bits per heavy atom. The van der Waals surface area contributed by atoms with Crippen molar-refractivity contribution in [3.05, 3.63) is 35.7 Å². The van der Waals surface area contributed by atoms with Crippen molar-refractivity contribution in [2.75, 3.05) is 12.4 Å². The van der Waals surface area contributed by atoms with Gasteiger partial charge in [0.25, 0.3) is 10.0 Å². The minimum atomic E-state index is -3.94. The molecule has 0 aliphatic carbocycles. The van der Waals surface area contributed by atoms with Gasteiger partial charge in [-0.2, -0.15) is 9.29 Å². The number of sulfonamides is 1. The van der Waals surface area contributed by atoms with Gasteiger partial charge in [0.1, 0.15) is 0 Å². The Hall–Kier alpha value is -2.70. The quantitative estimate of drug-likeness (QED) is 0.558. The average Bonchev–Trinajstić information content (AvgIpc) is 3.31. The van der Waals surface area contributed by atoms with E-state index in [0.717, 1.165) is 26.8 Å². The van der Waals surface area contributed by atoms with Crippen LogP contribution in [0, 0.1) is 12.8 Å². The first-order valence-electron chi connectivity index (χ1n) is 8.67. The largest absolute Gasteiger partial charge is 0.338 e. The van der Waals surface area contributed by atoms with Crippen LogP contribution in [0.5, 0.6) is 0 Å². The molecule has 0 unspecified atom stereocenters. The fourth-order valence-electron chi connectivity index (χ4n) is 2.24. The van der Waals surface area contributed by atoms with Gasteiger partial charge in [-0.1, -0.05) is 54.1 Å². The summed E-state index contributed by atoms with van der Waals surface area (Å²) in [5.41, 5.74) is 1.82. The van der Waals surface area contributed by atoms with Crippen LogP contribution in [-0.2, 0) is 21.4 Å². The minimum Gasteiger partial charge on any atom is -0.338 e. The van der Waals surface area contributed by atoms with E-state index in [4.69, 9.17) is 4.52 Å². The molecular formula is C17H20N6O4S2. The predicted molar refractivity (Wildman–Crippen MR) is 107 cm³/mol. The van der Waals surface area contributed by atoms with Gasteiger partial charge in [0.15, 0.2) is 0 Å². The summed E-state index contributed by atoms with van der Waals surface area (Å²) in [4.78, 5) is 16.0. The Morgan fingerprint density at radius 1 is 1.31 bits per heavy atom. The van der Waals surface area contributed by atoms with E-state index in [1.165, 1.54) is 7.05 Å². The van der Waals surface area contributed by atoms with E-state index in [1.54, 1.807) is 13.8 Å². The first-order valence-corrected chi connectivity index (χ1v) is 10.9. The first-order chi connectivity index (χ1) is 13.7. The van der Waals surface area contributed by atoms with E-state index in [9.17, 15) is 13.2 Å². The van der Waals surface area contributed by atoms with Crippen LogP contribution in [0.3, 0.4) is 0 Å². The highest BCUT2D eigenvalue weighted by molar-refractivity contribution is 7.91. The van der Waals surface area contributed by atoms with Crippen LogP contribution in [-0.4, -0.2) is 46.0 Å². The van der Waals surface area contributed by atoms with Gasteiger partial charge in [-0.05, 0) is 13.0 Å². The molecule has 0 radical (unpaired) electrons. The molecule has 1 N–H and O–H groups in total. The molecule has 3 rings (SSSR count). The number of amides is 1. The molecule has 12 heteroatoms. The van der Waals surface area contributed by atoms with Gasteiger partial charge in [-0.3, -0.25) is 4.79 Å². The zero-order valence-corrected chi connectivity index (χ0v) is 17.9. The summed E-state index contributed by atoms with van der Waals surface area (Å²) in [5, 5.41) is 14.0. The molecule has 2 heterocycles. The van der Waals surface area contributed by atoms with Gasteiger partial charge >= 0.3 is 0 Å².